The average molecular weight is 384 g/mol. The topological polar surface area (TPSA) is 61.2 Å². The monoisotopic (exact) mass is 384 g/mol. The van der Waals surface area contributed by atoms with Crippen molar-refractivity contribution in [2.24, 2.45) is 0 Å². The summed E-state index contributed by atoms with van der Waals surface area (Å²) in [5.74, 6) is 0.194. The van der Waals surface area contributed by atoms with Gasteiger partial charge in [-0.15, -0.1) is 0 Å². The summed E-state index contributed by atoms with van der Waals surface area (Å²) < 4.78 is 6.85. The number of nitrogens with zero attached hydrogens (tertiary/aromatic N) is 2. The van der Waals surface area contributed by atoms with Gasteiger partial charge in [0.2, 0.25) is 0 Å². The lowest BCUT2D eigenvalue weighted by atomic mass is 10.1. The smallest absolute Gasteiger partial charge is 0.338 e. The molecule has 0 amide bonds. The maximum Gasteiger partial charge on any atom is 0.338 e. The highest BCUT2D eigenvalue weighted by Crippen LogP contribution is 2.12. The van der Waals surface area contributed by atoms with E-state index in [1.54, 1.807) is 35.9 Å². The van der Waals surface area contributed by atoms with E-state index in [1.807, 2.05) is 28.7 Å². The number of benzene rings is 1. The SMILES string of the molecule is COC(=O)c1ccccc1Cn1c(C)ncc(I)c1=O. The van der Waals surface area contributed by atoms with Gasteiger partial charge in [-0.05, 0) is 41.1 Å². The van der Waals surface area contributed by atoms with E-state index in [-0.39, 0.29) is 5.56 Å². The number of aryl methyl sites for hydroxylation is 1. The van der Waals surface area contributed by atoms with E-state index in [2.05, 4.69) is 4.98 Å². The molecule has 104 valence electrons. The Hall–Kier alpha value is -1.70. The summed E-state index contributed by atoms with van der Waals surface area (Å²) in [5, 5.41) is 0. The van der Waals surface area contributed by atoms with Gasteiger partial charge in [0.15, 0.2) is 0 Å². The summed E-state index contributed by atoms with van der Waals surface area (Å²) in [7, 11) is 1.34. The molecule has 2 aromatic rings. The van der Waals surface area contributed by atoms with Crippen molar-refractivity contribution >= 4 is 28.6 Å². The zero-order valence-electron chi connectivity index (χ0n) is 11.1. The van der Waals surface area contributed by atoms with Gasteiger partial charge in [-0.3, -0.25) is 9.36 Å². The largest absolute Gasteiger partial charge is 0.465 e. The molecule has 5 nitrogen and oxygen atoms in total. The maximum atomic E-state index is 12.1. The Labute approximate surface area is 129 Å². The van der Waals surface area contributed by atoms with Gasteiger partial charge < -0.3 is 4.74 Å². The second-order valence-corrected chi connectivity index (χ2v) is 5.36. The molecule has 0 fully saturated rings. The predicted octanol–water partition coefficient (Wildman–Crippen LogP) is 1.99. The van der Waals surface area contributed by atoms with Crippen LogP contribution in [0.2, 0.25) is 0 Å². The Kier molecular flexibility index (Phi) is 4.53. The molecular weight excluding hydrogens is 371 g/mol. The van der Waals surface area contributed by atoms with E-state index in [1.165, 1.54) is 7.11 Å². The van der Waals surface area contributed by atoms with Gasteiger partial charge >= 0.3 is 5.97 Å². The van der Waals surface area contributed by atoms with Crippen molar-refractivity contribution in [2.75, 3.05) is 7.11 Å². The summed E-state index contributed by atoms with van der Waals surface area (Å²) in [6.07, 6.45) is 1.54. The van der Waals surface area contributed by atoms with Gasteiger partial charge in [-0.1, -0.05) is 18.2 Å². The van der Waals surface area contributed by atoms with Gasteiger partial charge in [0.05, 0.1) is 22.8 Å². The van der Waals surface area contributed by atoms with Crippen LogP contribution in [0.5, 0.6) is 0 Å². The first-order valence-corrected chi connectivity index (χ1v) is 7.00. The van der Waals surface area contributed by atoms with Crippen LogP contribution >= 0.6 is 22.6 Å². The Morgan fingerprint density at radius 2 is 2.10 bits per heavy atom. The van der Waals surface area contributed by atoms with Crippen LogP contribution in [-0.2, 0) is 11.3 Å². The van der Waals surface area contributed by atoms with Crippen LogP contribution in [-0.4, -0.2) is 22.6 Å². The van der Waals surface area contributed by atoms with Crippen molar-refractivity contribution < 1.29 is 9.53 Å². The lowest BCUT2D eigenvalue weighted by Gasteiger charge is -2.12. The maximum absolute atomic E-state index is 12.1. The van der Waals surface area contributed by atoms with E-state index in [0.717, 1.165) is 5.56 Å². The standard InChI is InChI=1S/C14H13IN2O3/c1-9-16-7-12(15)13(18)17(9)8-10-5-3-4-6-11(10)14(19)20-2/h3-7H,8H2,1-2H3. The molecule has 1 aromatic carbocycles. The molecule has 0 aliphatic rings. The highest BCUT2D eigenvalue weighted by molar-refractivity contribution is 14.1. The number of ether oxygens (including phenoxy) is 1. The molecule has 0 saturated carbocycles. The Morgan fingerprint density at radius 1 is 1.40 bits per heavy atom. The lowest BCUT2D eigenvalue weighted by Crippen LogP contribution is -2.26. The quantitative estimate of drug-likeness (QED) is 0.600. The van der Waals surface area contributed by atoms with Gasteiger partial charge in [-0.25, -0.2) is 9.78 Å². The number of hydrogen-bond acceptors (Lipinski definition) is 4. The summed E-state index contributed by atoms with van der Waals surface area (Å²) in [6.45, 7) is 2.05. The zero-order valence-corrected chi connectivity index (χ0v) is 13.2. The summed E-state index contributed by atoms with van der Waals surface area (Å²) in [6, 6.07) is 7.07. The molecule has 0 aliphatic heterocycles. The highest BCUT2D eigenvalue weighted by Gasteiger charge is 2.13. The van der Waals surface area contributed by atoms with Crippen molar-refractivity contribution in [3.63, 3.8) is 0 Å². The molecule has 0 radical (unpaired) electrons. The average Bonchev–Trinajstić information content (AvgIpc) is 2.47. The van der Waals surface area contributed by atoms with Crippen molar-refractivity contribution in [3.8, 4) is 0 Å². The third-order valence-electron chi connectivity index (χ3n) is 2.96. The van der Waals surface area contributed by atoms with E-state index < -0.39 is 5.97 Å². The lowest BCUT2D eigenvalue weighted by molar-refractivity contribution is 0.0599. The molecule has 6 heteroatoms. The highest BCUT2D eigenvalue weighted by atomic mass is 127. The van der Waals surface area contributed by atoms with Crippen LogP contribution in [0.15, 0.2) is 35.3 Å². The molecular formula is C14H13IN2O3. The molecule has 1 aromatic heterocycles. The van der Waals surface area contributed by atoms with Crippen molar-refractivity contribution in [3.05, 3.63) is 61.3 Å². The first-order valence-electron chi connectivity index (χ1n) is 5.92. The summed E-state index contributed by atoms with van der Waals surface area (Å²) in [4.78, 5) is 28.0. The number of methoxy groups -OCH3 is 1. The Balaban J connectivity index is 2.49. The molecule has 0 saturated heterocycles. The molecule has 0 bridgehead atoms. The number of esters is 1. The first-order chi connectivity index (χ1) is 9.54. The molecule has 0 unspecified atom stereocenters. The molecule has 2 rings (SSSR count). The molecule has 0 N–H and O–H groups in total. The molecule has 20 heavy (non-hydrogen) atoms. The number of aromatic nitrogens is 2. The van der Waals surface area contributed by atoms with Crippen LogP contribution < -0.4 is 5.56 Å². The van der Waals surface area contributed by atoms with Gasteiger partial charge in [0.1, 0.15) is 5.82 Å². The molecule has 0 spiro atoms. The minimum atomic E-state index is -0.412. The molecule has 0 aliphatic carbocycles. The van der Waals surface area contributed by atoms with Gasteiger partial charge in [0, 0.05) is 6.20 Å². The number of hydrogen-bond donors (Lipinski definition) is 0. The zero-order chi connectivity index (χ0) is 14.7. The second-order valence-electron chi connectivity index (χ2n) is 4.19. The van der Waals surface area contributed by atoms with Crippen LogP contribution in [0.3, 0.4) is 0 Å². The Bertz CT molecular complexity index is 710. The number of halogens is 1. The molecule has 0 atom stereocenters. The van der Waals surface area contributed by atoms with Gasteiger partial charge in [-0.2, -0.15) is 0 Å². The minimum Gasteiger partial charge on any atom is -0.465 e. The van der Waals surface area contributed by atoms with E-state index in [4.69, 9.17) is 4.74 Å². The van der Waals surface area contributed by atoms with Crippen molar-refractivity contribution in [2.45, 2.75) is 13.5 Å². The van der Waals surface area contributed by atoms with Crippen LogP contribution in [0, 0.1) is 10.5 Å². The first kappa shape index (κ1) is 14.7. The number of carbonyl (C=O) groups is 1. The predicted molar refractivity (Wildman–Crippen MR) is 82.8 cm³/mol. The van der Waals surface area contributed by atoms with Gasteiger partial charge in [0.25, 0.3) is 5.56 Å². The summed E-state index contributed by atoms with van der Waals surface area (Å²) >= 11 is 1.95. The van der Waals surface area contributed by atoms with E-state index in [9.17, 15) is 9.59 Å². The van der Waals surface area contributed by atoms with Crippen molar-refractivity contribution in [1.82, 2.24) is 9.55 Å². The third kappa shape index (κ3) is 2.90. The van der Waals surface area contributed by atoms with E-state index >= 15 is 0 Å². The normalized spacial score (nSPS) is 10.3. The van der Waals surface area contributed by atoms with Crippen LogP contribution in [0.1, 0.15) is 21.7 Å². The molecule has 1 heterocycles. The fourth-order valence-corrected chi connectivity index (χ4v) is 2.31. The fourth-order valence-electron chi connectivity index (χ4n) is 1.87. The van der Waals surface area contributed by atoms with Crippen LogP contribution in [0.25, 0.3) is 0 Å². The third-order valence-corrected chi connectivity index (χ3v) is 3.70. The minimum absolute atomic E-state index is 0.113. The fraction of sp³-hybridized carbons (Fsp3) is 0.214. The second kappa shape index (κ2) is 6.17. The van der Waals surface area contributed by atoms with E-state index in [0.29, 0.717) is 21.5 Å². The number of carbonyl (C=O) groups excluding carboxylic acids is 1. The Morgan fingerprint density at radius 3 is 2.80 bits per heavy atom. The van der Waals surface area contributed by atoms with Crippen LogP contribution in [0.4, 0.5) is 0 Å². The summed E-state index contributed by atoms with van der Waals surface area (Å²) in [5.41, 5.74) is 1.08. The van der Waals surface area contributed by atoms with Crippen molar-refractivity contribution in [1.29, 1.82) is 0 Å². The number of rotatable bonds is 3.